The number of hydrogen-bond acceptors (Lipinski definition) is 2. The molecule has 1 saturated heterocycles. The van der Waals surface area contributed by atoms with Gasteiger partial charge in [0.2, 0.25) is 0 Å². The lowest BCUT2D eigenvalue weighted by Crippen LogP contribution is -2.37. The number of nitrogens with zero attached hydrogens (tertiary/aromatic N) is 1. The lowest BCUT2D eigenvalue weighted by atomic mass is 9.77. The molecular weight excluding hydrogens is 196 g/mol. The van der Waals surface area contributed by atoms with Crippen molar-refractivity contribution in [2.24, 2.45) is 17.1 Å². The van der Waals surface area contributed by atoms with Crippen molar-refractivity contribution in [1.29, 1.82) is 0 Å². The van der Waals surface area contributed by atoms with Gasteiger partial charge in [0, 0.05) is 12.6 Å². The summed E-state index contributed by atoms with van der Waals surface area (Å²) < 4.78 is 0. The summed E-state index contributed by atoms with van der Waals surface area (Å²) in [5, 5.41) is 0. The Bertz CT molecular complexity index is 195. The molecule has 2 atom stereocenters. The molecule has 0 aliphatic carbocycles. The molecule has 0 spiro atoms. The van der Waals surface area contributed by atoms with Gasteiger partial charge in [0.05, 0.1) is 0 Å². The lowest BCUT2D eigenvalue weighted by Gasteiger charge is -2.30. The molecule has 0 bridgehead atoms. The molecule has 2 unspecified atom stereocenters. The average Bonchev–Trinajstić information content (AvgIpc) is 2.42. The van der Waals surface area contributed by atoms with Crippen LogP contribution in [-0.4, -0.2) is 30.6 Å². The minimum Gasteiger partial charge on any atom is -0.327 e. The summed E-state index contributed by atoms with van der Waals surface area (Å²) in [6.45, 7) is 12.9. The summed E-state index contributed by atoms with van der Waals surface area (Å²) in [5.74, 6) is 0.885. The zero-order chi connectivity index (χ0) is 12.2. The Labute approximate surface area is 102 Å². The predicted molar refractivity (Wildman–Crippen MR) is 71.5 cm³/mol. The van der Waals surface area contributed by atoms with E-state index in [0.717, 1.165) is 18.9 Å². The van der Waals surface area contributed by atoms with Gasteiger partial charge in [-0.2, -0.15) is 0 Å². The number of rotatable bonds is 3. The molecule has 1 heterocycles. The molecule has 96 valence electrons. The molecule has 0 radical (unpaired) electrons. The Morgan fingerprint density at radius 2 is 1.94 bits per heavy atom. The van der Waals surface area contributed by atoms with E-state index in [2.05, 4.69) is 32.6 Å². The van der Waals surface area contributed by atoms with Crippen LogP contribution < -0.4 is 5.73 Å². The zero-order valence-electron chi connectivity index (χ0n) is 11.6. The Morgan fingerprint density at radius 1 is 1.25 bits per heavy atom. The molecular formula is C14H30N2. The van der Waals surface area contributed by atoms with E-state index in [0.29, 0.717) is 11.5 Å². The van der Waals surface area contributed by atoms with Crippen molar-refractivity contribution < 1.29 is 0 Å². The number of likely N-dealkylation sites (tertiary alicyclic amines) is 1. The van der Waals surface area contributed by atoms with Crippen molar-refractivity contribution in [3.63, 3.8) is 0 Å². The summed E-state index contributed by atoms with van der Waals surface area (Å²) in [6.07, 6.45) is 5.18. The third kappa shape index (κ3) is 4.42. The fourth-order valence-corrected chi connectivity index (χ4v) is 2.67. The summed E-state index contributed by atoms with van der Waals surface area (Å²) in [4.78, 5) is 2.57. The second kappa shape index (κ2) is 6.02. The largest absolute Gasteiger partial charge is 0.327 e. The van der Waals surface area contributed by atoms with Gasteiger partial charge in [-0.1, -0.05) is 27.7 Å². The summed E-state index contributed by atoms with van der Waals surface area (Å²) in [5.41, 5.74) is 6.51. The molecule has 2 heteroatoms. The van der Waals surface area contributed by atoms with Gasteiger partial charge in [-0.15, -0.1) is 0 Å². The van der Waals surface area contributed by atoms with Crippen LogP contribution in [0.4, 0.5) is 0 Å². The first-order valence-electron chi connectivity index (χ1n) is 6.91. The van der Waals surface area contributed by atoms with Crippen molar-refractivity contribution in [2.45, 2.75) is 59.4 Å². The highest BCUT2D eigenvalue weighted by molar-refractivity contribution is 4.79. The van der Waals surface area contributed by atoms with E-state index in [1.165, 1.54) is 32.4 Å². The first kappa shape index (κ1) is 14.0. The predicted octanol–water partition coefficient (Wildman–Crippen LogP) is 2.87. The van der Waals surface area contributed by atoms with E-state index in [-0.39, 0.29) is 0 Å². The minimum absolute atomic E-state index is 0.367. The molecule has 1 aliphatic heterocycles. The van der Waals surface area contributed by atoms with Crippen molar-refractivity contribution in [2.75, 3.05) is 19.6 Å². The Morgan fingerprint density at radius 3 is 2.50 bits per heavy atom. The van der Waals surface area contributed by atoms with Gasteiger partial charge in [0.15, 0.2) is 0 Å². The molecule has 1 fully saturated rings. The monoisotopic (exact) mass is 226 g/mol. The molecule has 0 amide bonds. The highest BCUT2D eigenvalue weighted by atomic mass is 15.1. The quantitative estimate of drug-likeness (QED) is 0.802. The van der Waals surface area contributed by atoms with E-state index in [1.54, 1.807) is 0 Å². The van der Waals surface area contributed by atoms with Crippen LogP contribution in [0.1, 0.15) is 53.4 Å². The van der Waals surface area contributed by atoms with Crippen LogP contribution in [0.25, 0.3) is 0 Å². The Kier molecular flexibility index (Phi) is 5.26. The zero-order valence-corrected chi connectivity index (χ0v) is 11.6. The third-order valence-electron chi connectivity index (χ3n) is 4.06. The maximum absolute atomic E-state index is 6.03. The van der Waals surface area contributed by atoms with Crippen LogP contribution in [0, 0.1) is 11.3 Å². The fraction of sp³-hybridized carbons (Fsp3) is 1.00. The van der Waals surface area contributed by atoms with E-state index in [4.69, 9.17) is 5.73 Å². The molecule has 0 saturated carbocycles. The fourth-order valence-electron chi connectivity index (χ4n) is 2.67. The first-order valence-corrected chi connectivity index (χ1v) is 6.91. The Balaban J connectivity index is 2.40. The van der Waals surface area contributed by atoms with Crippen LogP contribution >= 0.6 is 0 Å². The molecule has 0 aromatic carbocycles. The number of nitrogens with two attached hydrogens (primary N) is 1. The summed E-state index contributed by atoms with van der Waals surface area (Å²) in [6, 6.07) is 0.367. The standard InChI is InChI=1S/C14H30N2/c1-5-13(15)11-16-9-6-7-12(8-10-16)14(2,3)4/h12-13H,5-11,15H2,1-4H3. The second-order valence-electron chi connectivity index (χ2n) is 6.46. The van der Waals surface area contributed by atoms with Gasteiger partial charge in [-0.05, 0) is 50.1 Å². The topological polar surface area (TPSA) is 29.3 Å². The second-order valence-corrected chi connectivity index (χ2v) is 6.46. The van der Waals surface area contributed by atoms with Gasteiger partial charge in [-0.25, -0.2) is 0 Å². The normalized spacial score (nSPS) is 26.4. The number of hydrogen-bond donors (Lipinski definition) is 1. The molecule has 16 heavy (non-hydrogen) atoms. The lowest BCUT2D eigenvalue weighted by molar-refractivity contribution is 0.205. The first-order chi connectivity index (χ1) is 7.43. The summed E-state index contributed by atoms with van der Waals surface area (Å²) in [7, 11) is 0. The maximum Gasteiger partial charge on any atom is 0.0165 e. The average molecular weight is 226 g/mol. The van der Waals surface area contributed by atoms with Crippen molar-refractivity contribution in [3.8, 4) is 0 Å². The maximum atomic E-state index is 6.03. The highest BCUT2D eigenvalue weighted by Crippen LogP contribution is 2.34. The molecule has 2 N–H and O–H groups in total. The third-order valence-corrected chi connectivity index (χ3v) is 4.06. The van der Waals surface area contributed by atoms with Crippen LogP contribution in [0.5, 0.6) is 0 Å². The SMILES string of the molecule is CCC(N)CN1CCCC(C(C)(C)C)CC1. The van der Waals surface area contributed by atoms with Crippen LogP contribution in [0.3, 0.4) is 0 Å². The van der Waals surface area contributed by atoms with Gasteiger partial charge < -0.3 is 10.6 Å². The van der Waals surface area contributed by atoms with Gasteiger partial charge >= 0.3 is 0 Å². The summed E-state index contributed by atoms with van der Waals surface area (Å²) >= 11 is 0. The molecule has 1 rings (SSSR count). The Hall–Kier alpha value is -0.0800. The van der Waals surface area contributed by atoms with E-state index < -0.39 is 0 Å². The van der Waals surface area contributed by atoms with Crippen LogP contribution in [0.2, 0.25) is 0 Å². The molecule has 2 nitrogen and oxygen atoms in total. The van der Waals surface area contributed by atoms with Crippen LogP contribution in [-0.2, 0) is 0 Å². The smallest absolute Gasteiger partial charge is 0.0165 e. The highest BCUT2D eigenvalue weighted by Gasteiger charge is 2.27. The molecule has 0 aromatic heterocycles. The van der Waals surface area contributed by atoms with Gasteiger partial charge in [0.25, 0.3) is 0 Å². The molecule has 1 aliphatic rings. The van der Waals surface area contributed by atoms with E-state index in [9.17, 15) is 0 Å². The minimum atomic E-state index is 0.367. The van der Waals surface area contributed by atoms with E-state index >= 15 is 0 Å². The molecule has 0 aromatic rings. The van der Waals surface area contributed by atoms with E-state index in [1.807, 2.05) is 0 Å². The van der Waals surface area contributed by atoms with Gasteiger partial charge in [0.1, 0.15) is 0 Å². The van der Waals surface area contributed by atoms with Gasteiger partial charge in [-0.3, -0.25) is 0 Å². The van der Waals surface area contributed by atoms with Crippen molar-refractivity contribution >= 4 is 0 Å². The van der Waals surface area contributed by atoms with Crippen molar-refractivity contribution in [3.05, 3.63) is 0 Å². The van der Waals surface area contributed by atoms with Crippen LogP contribution in [0.15, 0.2) is 0 Å². The van der Waals surface area contributed by atoms with Crippen molar-refractivity contribution in [1.82, 2.24) is 4.90 Å².